The number of carbonyl (C=O) groups is 2. The molecule has 3 atom stereocenters. The minimum Gasteiger partial charge on any atom is -0.489 e. The Bertz CT molecular complexity index is 822. The second-order valence-electron chi connectivity index (χ2n) is 8.76. The second-order valence-corrected chi connectivity index (χ2v) is 8.76. The van der Waals surface area contributed by atoms with Gasteiger partial charge in [-0.25, -0.2) is 0 Å². The Kier molecular flexibility index (Phi) is 5.58. The lowest BCUT2D eigenvalue weighted by Crippen LogP contribution is -2.52. The van der Waals surface area contributed by atoms with Crippen molar-refractivity contribution in [2.45, 2.75) is 70.7 Å². The zero-order chi connectivity index (χ0) is 20.5. The van der Waals surface area contributed by atoms with Crippen molar-refractivity contribution in [2.24, 2.45) is 5.92 Å². The zero-order valence-corrected chi connectivity index (χ0v) is 17.2. The summed E-state index contributed by atoms with van der Waals surface area (Å²) in [5.41, 5.74) is 1.84. The smallest absolute Gasteiger partial charge is 0.249 e. The van der Waals surface area contributed by atoms with E-state index < -0.39 is 6.04 Å². The Balaban J connectivity index is 1.43. The molecule has 2 fully saturated rings. The second kappa shape index (κ2) is 8.14. The van der Waals surface area contributed by atoms with Gasteiger partial charge in [0.2, 0.25) is 11.8 Å². The maximum absolute atomic E-state index is 12.2. The van der Waals surface area contributed by atoms with E-state index in [9.17, 15) is 9.59 Å². The highest BCUT2D eigenvalue weighted by Crippen LogP contribution is 2.32. The van der Waals surface area contributed by atoms with Gasteiger partial charge in [0, 0.05) is 24.6 Å². The molecule has 1 saturated carbocycles. The fraction of sp³-hybridized carbons (Fsp3) is 0.591. The molecule has 7 heteroatoms. The number of ether oxygens (including phenoxy) is 1. The van der Waals surface area contributed by atoms with Crippen LogP contribution in [0.15, 0.2) is 18.2 Å². The van der Waals surface area contributed by atoms with Crippen LogP contribution in [0, 0.1) is 11.3 Å². The molecule has 0 bridgehead atoms. The normalized spacial score (nSPS) is 26.8. The van der Waals surface area contributed by atoms with Crippen LogP contribution in [0.25, 0.3) is 0 Å². The standard InChI is InChI=1S/C22H30N4O3/c1-13(2)11-24-17-4-3-5-19(17)29-15-6-7-16-14(10-15)12-26(21(16)23)18-8-9-20(27)25-22(18)28/h6-7,10,13,17-19,23-24H,3-5,8-9,11-12H2,1-2H3,(H,25,27,28)/t17-,18?,19+/m1/s1. The number of hydrogen-bond donors (Lipinski definition) is 3. The van der Waals surface area contributed by atoms with Crippen LogP contribution in [0.5, 0.6) is 5.75 Å². The van der Waals surface area contributed by atoms with Crippen LogP contribution in [0.2, 0.25) is 0 Å². The van der Waals surface area contributed by atoms with Crippen LogP contribution < -0.4 is 15.4 Å². The molecule has 1 aromatic rings. The molecule has 2 aliphatic heterocycles. The Morgan fingerprint density at radius 2 is 2.10 bits per heavy atom. The monoisotopic (exact) mass is 398 g/mol. The molecule has 29 heavy (non-hydrogen) atoms. The van der Waals surface area contributed by atoms with Crippen LogP contribution in [0.1, 0.15) is 57.1 Å². The SMILES string of the molecule is CC(C)CN[C@@H]1CCC[C@@H]1Oc1ccc2c(c1)CN(C1CCC(=O)NC1=O)C2=N. The number of amidine groups is 1. The highest BCUT2D eigenvalue weighted by Gasteiger charge is 2.37. The molecule has 1 aromatic carbocycles. The Morgan fingerprint density at radius 3 is 2.86 bits per heavy atom. The molecule has 0 radical (unpaired) electrons. The lowest BCUT2D eigenvalue weighted by Gasteiger charge is -2.30. The predicted octanol–water partition coefficient (Wildman–Crippen LogP) is 2.18. The van der Waals surface area contributed by atoms with E-state index in [0.717, 1.165) is 36.3 Å². The van der Waals surface area contributed by atoms with Gasteiger partial charge >= 0.3 is 0 Å². The van der Waals surface area contributed by atoms with Crippen molar-refractivity contribution < 1.29 is 14.3 Å². The first kappa shape index (κ1) is 19.9. The first-order valence-electron chi connectivity index (χ1n) is 10.6. The molecule has 156 valence electrons. The third-order valence-corrected chi connectivity index (χ3v) is 6.07. The summed E-state index contributed by atoms with van der Waals surface area (Å²) in [4.78, 5) is 25.4. The topological polar surface area (TPSA) is 94.5 Å². The number of fused-ring (bicyclic) bond motifs is 1. The van der Waals surface area contributed by atoms with Gasteiger partial charge in [0.05, 0.1) is 0 Å². The van der Waals surface area contributed by atoms with Crippen molar-refractivity contribution in [3.05, 3.63) is 29.3 Å². The molecule has 0 aromatic heterocycles. The summed E-state index contributed by atoms with van der Waals surface area (Å²) in [6.07, 6.45) is 4.28. The van der Waals surface area contributed by atoms with E-state index in [-0.39, 0.29) is 17.9 Å². The van der Waals surface area contributed by atoms with Gasteiger partial charge < -0.3 is 15.0 Å². The summed E-state index contributed by atoms with van der Waals surface area (Å²) < 4.78 is 6.32. The lowest BCUT2D eigenvalue weighted by atomic mass is 10.0. The zero-order valence-electron chi connectivity index (χ0n) is 17.2. The van der Waals surface area contributed by atoms with Crippen molar-refractivity contribution in [1.29, 1.82) is 5.41 Å². The minimum atomic E-state index is -0.462. The molecule has 1 saturated heterocycles. The van der Waals surface area contributed by atoms with Gasteiger partial charge in [-0.3, -0.25) is 20.3 Å². The van der Waals surface area contributed by atoms with E-state index in [1.165, 1.54) is 6.42 Å². The number of carbonyl (C=O) groups excluding carboxylic acids is 2. The molecule has 2 heterocycles. The number of piperidine rings is 1. The number of nitrogens with zero attached hydrogens (tertiary/aromatic N) is 1. The van der Waals surface area contributed by atoms with E-state index in [2.05, 4.69) is 24.5 Å². The highest BCUT2D eigenvalue weighted by atomic mass is 16.5. The maximum Gasteiger partial charge on any atom is 0.249 e. The Hall–Kier alpha value is -2.41. The number of imide groups is 1. The van der Waals surface area contributed by atoms with E-state index >= 15 is 0 Å². The van der Waals surface area contributed by atoms with Crippen molar-refractivity contribution in [3.63, 3.8) is 0 Å². The quantitative estimate of drug-likeness (QED) is 0.639. The summed E-state index contributed by atoms with van der Waals surface area (Å²) in [7, 11) is 0. The van der Waals surface area contributed by atoms with E-state index in [0.29, 0.717) is 37.2 Å². The summed E-state index contributed by atoms with van der Waals surface area (Å²) in [5, 5.41) is 14.5. The van der Waals surface area contributed by atoms with Crippen LogP contribution in [0.3, 0.4) is 0 Å². The Labute approximate surface area is 171 Å². The molecule has 3 aliphatic rings. The molecule has 2 amide bonds. The molecule has 7 nitrogen and oxygen atoms in total. The van der Waals surface area contributed by atoms with Crippen LogP contribution in [0.4, 0.5) is 0 Å². The van der Waals surface area contributed by atoms with Gasteiger partial charge in [0.15, 0.2) is 0 Å². The first-order valence-corrected chi connectivity index (χ1v) is 10.6. The van der Waals surface area contributed by atoms with E-state index in [1.807, 2.05) is 18.2 Å². The third kappa shape index (κ3) is 4.15. The van der Waals surface area contributed by atoms with Crippen LogP contribution >= 0.6 is 0 Å². The van der Waals surface area contributed by atoms with Crippen molar-refractivity contribution >= 4 is 17.6 Å². The third-order valence-electron chi connectivity index (χ3n) is 6.07. The fourth-order valence-electron chi connectivity index (χ4n) is 4.53. The average molecular weight is 399 g/mol. The molecule has 0 spiro atoms. The van der Waals surface area contributed by atoms with Gasteiger partial charge in [0.1, 0.15) is 23.7 Å². The highest BCUT2D eigenvalue weighted by molar-refractivity contribution is 6.06. The maximum atomic E-state index is 12.2. The van der Waals surface area contributed by atoms with Crippen molar-refractivity contribution in [2.75, 3.05) is 6.54 Å². The number of hydrogen-bond acceptors (Lipinski definition) is 5. The molecule has 1 aliphatic carbocycles. The van der Waals surface area contributed by atoms with Gasteiger partial charge in [-0.1, -0.05) is 13.8 Å². The van der Waals surface area contributed by atoms with Crippen LogP contribution in [-0.2, 0) is 16.1 Å². The summed E-state index contributed by atoms with van der Waals surface area (Å²) in [6.45, 7) is 5.91. The van der Waals surface area contributed by atoms with Crippen molar-refractivity contribution in [3.8, 4) is 5.75 Å². The largest absolute Gasteiger partial charge is 0.489 e. The van der Waals surface area contributed by atoms with E-state index in [1.54, 1.807) is 4.90 Å². The summed E-state index contributed by atoms with van der Waals surface area (Å²) in [6, 6.07) is 5.78. The average Bonchev–Trinajstić information content (AvgIpc) is 3.24. The number of rotatable bonds is 6. The lowest BCUT2D eigenvalue weighted by molar-refractivity contribution is -0.136. The van der Waals surface area contributed by atoms with Gasteiger partial charge in [-0.05, 0) is 61.9 Å². The number of nitrogens with one attached hydrogen (secondary N) is 3. The minimum absolute atomic E-state index is 0.166. The van der Waals surface area contributed by atoms with Gasteiger partial charge in [-0.2, -0.15) is 0 Å². The molecule has 3 N–H and O–H groups in total. The van der Waals surface area contributed by atoms with E-state index in [4.69, 9.17) is 10.1 Å². The number of benzene rings is 1. The van der Waals surface area contributed by atoms with Crippen molar-refractivity contribution in [1.82, 2.24) is 15.5 Å². The van der Waals surface area contributed by atoms with Gasteiger partial charge in [-0.15, -0.1) is 0 Å². The first-order chi connectivity index (χ1) is 13.9. The summed E-state index contributed by atoms with van der Waals surface area (Å²) >= 11 is 0. The summed E-state index contributed by atoms with van der Waals surface area (Å²) in [5.74, 6) is 1.24. The fourth-order valence-corrected chi connectivity index (χ4v) is 4.53. The molecule has 4 rings (SSSR count). The van der Waals surface area contributed by atoms with Crippen LogP contribution in [-0.4, -0.2) is 47.3 Å². The predicted molar refractivity (Wildman–Crippen MR) is 110 cm³/mol. The molecular weight excluding hydrogens is 368 g/mol. The van der Waals surface area contributed by atoms with Gasteiger partial charge in [0.25, 0.3) is 0 Å². The molecule has 1 unspecified atom stereocenters. The molecular formula is C22H30N4O3. The Morgan fingerprint density at radius 1 is 1.28 bits per heavy atom. The number of amides is 2.